The van der Waals surface area contributed by atoms with Crippen molar-refractivity contribution in [3.05, 3.63) is 94.8 Å². The molecule has 12 heteroatoms. The number of aromatic hydroxyl groups is 1. The van der Waals surface area contributed by atoms with Crippen LogP contribution in [0.15, 0.2) is 66.7 Å². The van der Waals surface area contributed by atoms with Crippen LogP contribution in [0.4, 0.5) is 10.1 Å². The number of carbonyl (C=O) groups is 1. The standard InChI is InChI=1S/C24H32N2O7S.C9H11FO/c1-34(32,33)25-12-2-3-17-4-7-19(8-5-17)26-21(14-23(26)30)20-9-6-18(13-22(20)29)10-11-24(31,15-27)16-28;1-2-9(11)7-3-5-8(10)6-4-7/h4-9,13,21,25,27-29,31H,2-3,10-12,14-16H2,1H3;3-6,9,11H,2H2,1H3. The zero-order valence-electron chi connectivity index (χ0n) is 25.6. The molecule has 3 aromatic carbocycles. The number of aliphatic hydroxyl groups excluding tert-OH is 3. The minimum Gasteiger partial charge on any atom is -0.508 e. The first-order chi connectivity index (χ1) is 21.3. The summed E-state index contributed by atoms with van der Waals surface area (Å²) in [6.45, 7) is 1.14. The lowest BCUT2D eigenvalue weighted by Crippen LogP contribution is -2.46. The summed E-state index contributed by atoms with van der Waals surface area (Å²) in [6, 6.07) is 18.3. The topological polar surface area (TPSA) is 168 Å². The minimum absolute atomic E-state index is 0.0467. The number of benzene rings is 3. The van der Waals surface area contributed by atoms with Crippen LogP contribution in [0.1, 0.15) is 67.0 Å². The lowest BCUT2D eigenvalue weighted by molar-refractivity contribution is -0.124. The second-order valence-corrected chi connectivity index (χ2v) is 13.2. The van der Waals surface area contributed by atoms with Crippen LogP contribution < -0.4 is 9.62 Å². The third-order valence-corrected chi connectivity index (χ3v) is 8.46. The Kier molecular flexibility index (Phi) is 13.0. The maximum Gasteiger partial charge on any atom is 0.230 e. The van der Waals surface area contributed by atoms with E-state index in [9.17, 15) is 43.1 Å². The van der Waals surface area contributed by atoms with E-state index in [0.717, 1.165) is 28.6 Å². The predicted molar refractivity (Wildman–Crippen MR) is 170 cm³/mol. The lowest BCUT2D eigenvalue weighted by atomic mass is 9.90. The Morgan fingerprint density at radius 1 is 1.00 bits per heavy atom. The number of amides is 1. The molecule has 3 aromatic rings. The number of aryl methyl sites for hydroxylation is 2. The van der Waals surface area contributed by atoms with Crippen molar-refractivity contribution in [1.29, 1.82) is 0 Å². The van der Waals surface area contributed by atoms with E-state index in [-0.39, 0.29) is 36.4 Å². The van der Waals surface area contributed by atoms with E-state index in [1.165, 1.54) is 12.1 Å². The van der Waals surface area contributed by atoms with Gasteiger partial charge in [0, 0.05) is 17.8 Å². The van der Waals surface area contributed by atoms with E-state index >= 15 is 0 Å². The summed E-state index contributed by atoms with van der Waals surface area (Å²) in [7, 11) is -3.20. The highest BCUT2D eigenvalue weighted by Gasteiger charge is 2.39. The fraction of sp³-hybridized carbons (Fsp3) is 0.424. The molecule has 0 aromatic heterocycles. The molecule has 0 bridgehead atoms. The molecule has 1 heterocycles. The van der Waals surface area contributed by atoms with Gasteiger partial charge in [0.05, 0.1) is 38.0 Å². The highest BCUT2D eigenvalue weighted by Crippen LogP contribution is 2.42. The number of nitrogens with zero attached hydrogens (tertiary/aromatic N) is 1. The molecule has 4 rings (SSSR count). The van der Waals surface area contributed by atoms with E-state index in [0.29, 0.717) is 37.8 Å². The van der Waals surface area contributed by atoms with E-state index in [2.05, 4.69) is 4.72 Å². The van der Waals surface area contributed by atoms with Crippen molar-refractivity contribution in [3.63, 3.8) is 0 Å². The number of hydrogen-bond donors (Lipinski definition) is 6. The fourth-order valence-electron chi connectivity index (χ4n) is 4.89. The van der Waals surface area contributed by atoms with Gasteiger partial charge >= 0.3 is 0 Å². The van der Waals surface area contributed by atoms with Crippen molar-refractivity contribution in [3.8, 4) is 5.75 Å². The molecule has 45 heavy (non-hydrogen) atoms. The Morgan fingerprint density at radius 2 is 1.62 bits per heavy atom. The Morgan fingerprint density at radius 3 is 2.16 bits per heavy atom. The molecule has 1 aliphatic rings. The number of aliphatic hydroxyl groups is 4. The van der Waals surface area contributed by atoms with Gasteiger partial charge in [-0.25, -0.2) is 17.5 Å². The highest BCUT2D eigenvalue weighted by molar-refractivity contribution is 7.88. The smallest absolute Gasteiger partial charge is 0.230 e. The van der Waals surface area contributed by atoms with Gasteiger partial charge in [-0.2, -0.15) is 0 Å². The molecule has 6 N–H and O–H groups in total. The van der Waals surface area contributed by atoms with Gasteiger partial charge in [-0.3, -0.25) is 4.79 Å². The summed E-state index contributed by atoms with van der Waals surface area (Å²) >= 11 is 0. The second-order valence-electron chi connectivity index (χ2n) is 11.3. The number of halogens is 1. The molecule has 0 aliphatic carbocycles. The Labute approximate surface area is 263 Å². The van der Waals surface area contributed by atoms with Gasteiger partial charge in [-0.1, -0.05) is 43.3 Å². The van der Waals surface area contributed by atoms with Gasteiger partial charge in [0.2, 0.25) is 15.9 Å². The van der Waals surface area contributed by atoms with E-state index in [4.69, 9.17) is 0 Å². The first-order valence-electron chi connectivity index (χ1n) is 14.8. The molecule has 246 valence electrons. The van der Waals surface area contributed by atoms with E-state index in [1.54, 1.807) is 35.2 Å². The number of nitrogens with one attached hydrogen (secondary N) is 1. The molecule has 2 atom stereocenters. The van der Waals surface area contributed by atoms with E-state index < -0.39 is 34.9 Å². The average Bonchev–Trinajstić information content (AvgIpc) is 3.01. The average molecular weight is 647 g/mol. The van der Waals surface area contributed by atoms with Crippen LogP contribution in [0.2, 0.25) is 0 Å². The van der Waals surface area contributed by atoms with Gasteiger partial charge in [-0.05, 0) is 79.1 Å². The van der Waals surface area contributed by atoms with Crippen LogP contribution in [-0.4, -0.2) is 71.5 Å². The summed E-state index contributed by atoms with van der Waals surface area (Å²) in [6.07, 6.45) is 3.46. The molecule has 10 nitrogen and oxygen atoms in total. The Hall–Kier alpha value is -3.39. The molecule has 0 spiro atoms. The molecule has 1 amide bonds. The maximum atomic E-state index is 12.4. The van der Waals surface area contributed by atoms with Crippen LogP contribution >= 0.6 is 0 Å². The largest absolute Gasteiger partial charge is 0.508 e. The molecule has 1 saturated heterocycles. The van der Waals surface area contributed by atoms with Gasteiger partial charge in [-0.15, -0.1) is 0 Å². The number of β-lactam (4-membered cyclic amide) rings is 1. The predicted octanol–water partition coefficient (Wildman–Crippen LogP) is 3.27. The van der Waals surface area contributed by atoms with Crippen LogP contribution in [-0.2, 0) is 27.7 Å². The van der Waals surface area contributed by atoms with Crippen molar-refractivity contribution in [2.24, 2.45) is 0 Å². The first kappa shape index (κ1) is 36.1. The zero-order valence-corrected chi connectivity index (χ0v) is 26.4. The van der Waals surface area contributed by atoms with Gasteiger partial charge in [0.1, 0.15) is 17.2 Å². The number of carbonyl (C=O) groups excluding carboxylic acids is 1. The van der Waals surface area contributed by atoms with Crippen LogP contribution in [0, 0.1) is 5.82 Å². The van der Waals surface area contributed by atoms with E-state index in [1.807, 2.05) is 31.2 Å². The molecular formula is C33H43FN2O8S. The minimum atomic E-state index is -3.20. The first-order valence-corrected chi connectivity index (χ1v) is 16.7. The fourth-order valence-corrected chi connectivity index (χ4v) is 5.41. The molecule has 1 aliphatic heterocycles. The normalized spacial score (nSPS) is 15.7. The number of phenolic OH excluding ortho intramolecular Hbond substituents is 1. The summed E-state index contributed by atoms with van der Waals surface area (Å²) in [4.78, 5) is 14.0. The number of sulfonamides is 1. The summed E-state index contributed by atoms with van der Waals surface area (Å²) in [5, 5.41) is 48.3. The Balaban J connectivity index is 0.000000423. The maximum absolute atomic E-state index is 12.4. The SMILES string of the molecule is CCC(O)c1ccc(F)cc1.CS(=O)(=O)NCCCc1ccc(N2C(=O)CC2c2ccc(CCC(O)(CO)CO)cc2O)cc1. The summed E-state index contributed by atoms with van der Waals surface area (Å²) in [5.41, 5.74) is 2.32. The van der Waals surface area contributed by atoms with Crippen molar-refractivity contribution >= 4 is 21.6 Å². The molecule has 2 unspecified atom stereocenters. The third kappa shape index (κ3) is 10.6. The summed E-state index contributed by atoms with van der Waals surface area (Å²) in [5.74, 6) is -0.266. The molecular weight excluding hydrogens is 603 g/mol. The number of hydrogen-bond acceptors (Lipinski definition) is 8. The van der Waals surface area contributed by atoms with Crippen molar-refractivity contribution in [1.82, 2.24) is 4.72 Å². The second kappa shape index (κ2) is 16.3. The molecule has 0 saturated carbocycles. The highest BCUT2D eigenvalue weighted by atomic mass is 32.2. The van der Waals surface area contributed by atoms with Crippen molar-refractivity contribution in [2.75, 3.05) is 30.9 Å². The quantitative estimate of drug-likeness (QED) is 0.115. The molecule has 0 radical (unpaired) electrons. The van der Waals surface area contributed by atoms with Gasteiger partial charge in [0.25, 0.3) is 0 Å². The number of phenols is 1. The number of anilines is 1. The zero-order chi connectivity index (χ0) is 33.2. The van der Waals surface area contributed by atoms with Gasteiger partial charge < -0.3 is 30.4 Å². The van der Waals surface area contributed by atoms with Crippen molar-refractivity contribution < 1.29 is 43.1 Å². The van der Waals surface area contributed by atoms with Crippen molar-refractivity contribution in [2.45, 2.75) is 63.2 Å². The van der Waals surface area contributed by atoms with Crippen LogP contribution in [0.25, 0.3) is 0 Å². The third-order valence-electron chi connectivity index (χ3n) is 7.73. The monoisotopic (exact) mass is 646 g/mol. The van der Waals surface area contributed by atoms with Gasteiger partial charge in [0.15, 0.2) is 0 Å². The Bertz CT molecular complexity index is 1500. The van der Waals surface area contributed by atoms with Crippen LogP contribution in [0.5, 0.6) is 5.75 Å². The number of rotatable bonds is 14. The molecule has 1 fully saturated rings. The van der Waals surface area contributed by atoms with Crippen LogP contribution in [0.3, 0.4) is 0 Å². The lowest BCUT2D eigenvalue weighted by Gasteiger charge is -2.41. The summed E-state index contributed by atoms with van der Waals surface area (Å²) < 4.78 is 37.1.